The van der Waals surface area contributed by atoms with Gasteiger partial charge in [-0.25, -0.2) is 4.79 Å². The summed E-state index contributed by atoms with van der Waals surface area (Å²) in [6.45, 7) is 9.47. The van der Waals surface area contributed by atoms with Crippen LogP contribution in [0.15, 0.2) is 18.2 Å². The smallest absolute Gasteiger partial charge is 0.322 e. The second-order valence-corrected chi connectivity index (χ2v) is 11.0. The average Bonchev–Trinajstić information content (AvgIpc) is 3.43. The summed E-state index contributed by atoms with van der Waals surface area (Å²) in [7, 11) is 0. The average molecular weight is 401 g/mol. The van der Waals surface area contributed by atoms with Gasteiger partial charge < -0.3 is 5.32 Å². The Bertz CT molecular complexity index is 832. The topological polar surface area (TPSA) is 32.3 Å². The number of hydrogen-bond donors (Lipinski definition) is 1. The van der Waals surface area contributed by atoms with Crippen LogP contribution in [0.4, 0.5) is 10.5 Å². The van der Waals surface area contributed by atoms with Crippen molar-refractivity contribution in [2.24, 2.45) is 22.7 Å². The summed E-state index contributed by atoms with van der Waals surface area (Å²) in [6.07, 6.45) is 8.06. The van der Waals surface area contributed by atoms with Crippen molar-refractivity contribution < 1.29 is 4.79 Å². The number of amides is 2. The molecule has 4 heteroatoms. The van der Waals surface area contributed by atoms with Gasteiger partial charge in [-0.15, -0.1) is 0 Å². The normalized spacial score (nSPS) is 38.5. The van der Waals surface area contributed by atoms with Crippen molar-refractivity contribution in [1.82, 2.24) is 5.32 Å². The van der Waals surface area contributed by atoms with E-state index in [2.05, 4.69) is 50.0 Å². The van der Waals surface area contributed by atoms with E-state index in [1.807, 2.05) is 6.07 Å². The molecule has 0 aromatic heterocycles. The SMILES string of the molecule is CCCC1(C2CC2)NC(=O)N(C2CC3CCC2(C)C3(C)C)c2ccc(Cl)cc21. The molecule has 3 saturated carbocycles. The third-order valence-electron chi connectivity index (χ3n) is 9.23. The molecule has 5 rings (SSSR count). The highest BCUT2D eigenvalue weighted by Crippen LogP contribution is 2.67. The van der Waals surface area contributed by atoms with Crippen LogP contribution >= 0.6 is 11.6 Å². The molecule has 1 heterocycles. The number of fused-ring (bicyclic) bond motifs is 3. The minimum atomic E-state index is -0.239. The van der Waals surface area contributed by atoms with Gasteiger partial charge in [0.15, 0.2) is 0 Å². The lowest BCUT2D eigenvalue weighted by atomic mass is 9.68. The third-order valence-corrected chi connectivity index (χ3v) is 9.46. The number of urea groups is 1. The Hall–Kier alpha value is -1.22. The van der Waals surface area contributed by atoms with Gasteiger partial charge in [-0.05, 0) is 79.4 Å². The zero-order valence-corrected chi connectivity index (χ0v) is 18.4. The van der Waals surface area contributed by atoms with Gasteiger partial charge in [-0.3, -0.25) is 4.90 Å². The number of halogens is 1. The fraction of sp³-hybridized carbons (Fsp3) is 0.708. The Morgan fingerprint density at radius 2 is 1.93 bits per heavy atom. The molecule has 0 spiro atoms. The summed E-state index contributed by atoms with van der Waals surface area (Å²) >= 11 is 6.48. The van der Waals surface area contributed by atoms with Crippen LogP contribution in [0, 0.1) is 22.7 Å². The van der Waals surface area contributed by atoms with Crippen LogP contribution in [-0.4, -0.2) is 12.1 Å². The van der Waals surface area contributed by atoms with Gasteiger partial charge in [0.25, 0.3) is 0 Å². The zero-order valence-electron chi connectivity index (χ0n) is 17.6. The van der Waals surface area contributed by atoms with Gasteiger partial charge in [0.2, 0.25) is 0 Å². The Balaban J connectivity index is 1.64. The largest absolute Gasteiger partial charge is 0.328 e. The van der Waals surface area contributed by atoms with Crippen molar-refractivity contribution in [3.8, 4) is 0 Å². The highest BCUT2D eigenvalue weighted by molar-refractivity contribution is 6.30. The lowest BCUT2D eigenvalue weighted by Gasteiger charge is -2.50. The molecule has 3 nitrogen and oxygen atoms in total. The van der Waals surface area contributed by atoms with E-state index in [1.54, 1.807) is 0 Å². The molecule has 1 N–H and O–H groups in total. The van der Waals surface area contributed by atoms with Crippen LogP contribution < -0.4 is 10.2 Å². The Morgan fingerprint density at radius 3 is 2.50 bits per heavy atom. The number of carbonyl (C=O) groups is 1. The highest BCUT2D eigenvalue weighted by Gasteiger charge is 2.65. The first kappa shape index (κ1) is 18.8. The molecule has 1 aromatic carbocycles. The minimum Gasteiger partial charge on any atom is -0.328 e. The molecule has 1 aromatic rings. The molecule has 2 bridgehead atoms. The van der Waals surface area contributed by atoms with Crippen LogP contribution in [0.5, 0.6) is 0 Å². The quantitative estimate of drug-likeness (QED) is 0.615. The third kappa shape index (κ3) is 2.26. The lowest BCUT2D eigenvalue weighted by molar-refractivity contribution is 0.129. The maximum absolute atomic E-state index is 13.7. The monoisotopic (exact) mass is 400 g/mol. The molecule has 0 radical (unpaired) electrons. The molecule has 28 heavy (non-hydrogen) atoms. The van der Waals surface area contributed by atoms with Crippen molar-refractivity contribution in [3.63, 3.8) is 0 Å². The van der Waals surface area contributed by atoms with E-state index in [1.165, 1.54) is 31.2 Å². The summed E-state index contributed by atoms with van der Waals surface area (Å²) in [5.41, 5.74) is 2.57. The van der Waals surface area contributed by atoms with Crippen molar-refractivity contribution in [2.45, 2.75) is 84.2 Å². The Morgan fingerprint density at radius 1 is 1.18 bits per heavy atom. The molecule has 3 fully saturated rings. The van der Waals surface area contributed by atoms with Crippen molar-refractivity contribution >= 4 is 23.3 Å². The number of rotatable bonds is 4. The van der Waals surface area contributed by atoms with Gasteiger partial charge in [0, 0.05) is 16.6 Å². The molecule has 4 atom stereocenters. The van der Waals surface area contributed by atoms with Crippen LogP contribution in [0.1, 0.15) is 78.2 Å². The van der Waals surface area contributed by atoms with Crippen molar-refractivity contribution in [1.29, 1.82) is 0 Å². The molecule has 152 valence electrons. The summed E-state index contributed by atoms with van der Waals surface area (Å²) in [4.78, 5) is 15.8. The summed E-state index contributed by atoms with van der Waals surface area (Å²) < 4.78 is 0. The number of benzene rings is 1. The molecule has 0 saturated heterocycles. The first-order valence-electron chi connectivity index (χ1n) is 11.2. The molecular weight excluding hydrogens is 368 g/mol. The molecule has 3 aliphatic carbocycles. The van der Waals surface area contributed by atoms with Gasteiger partial charge in [0.1, 0.15) is 0 Å². The van der Waals surface area contributed by atoms with Gasteiger partial charge in [-0.1, -0.05) is 45.7 Å². The van der Waals surface area contributed by atoms with E-state index in [-0.39, 0.29) is 28.4 Å². The molecule has 4 aliphatic rings. The molecular formula is C24H33ClN2O. The standard InChI is InChI=1S/C24H33ClN2O/c1-5-11-24(15-6-7-15)18-14-17(25)8-9-19(18)27(21(28)26-24)20-13-16-10-12-23(20,4)22(16,2)3/h8-9,14-16,20H,5-7,10-13H2,1-4H3,(H,26,28). The minimum absolute atomic E-state index is 0.116. The number of anilines is 1. The molecule has 4 unspecified atom stereocenters. The number of carbonyl (C=O) groups excluding carboxylic acids is 1. The van der Waals surface area contributed by atoms with E-state index in [4.69, 9.17) is 11.6 Å². The van der Waals surface area contributed by atoms with Gasteiger partial charge in [-0.2, -0.15) is 0 Å². The second kappa shape index (κ2) is 5.90. The fourth-order valence-electron chi connectivity index (χ4n) is 7.06. The Labute approximate surface area is 174 Å². The fourth-order valence-corrected chi connectivity index (χ4v) is 7.23. The van der Waals surface area contributed by atoms with E-state index >= 15 is 0 Å². The van der Waals surface area contributed by atoms with Crippen LogP contribution in [-0.2, 0) is 5.54 Å². The first-order chi connectivity index (χ1) is 13.2. The second-order valence-electron chi connectivity index (χ2n) is 10.6. The van der Waals surface area contributed by atoms with Crippen molar-refractivity contribution in [3.05, 3.63) is 28.8 Å². The summed E-state index contributed by atoms with van der Waals surface area (Å²) in [5.74, 6) is 1.25. The van der Waals surface area contributed by atoms with E-state index in [0.717, 1.165) is 30.0 Å². The van der Waals surface area contributed by atoms with Crippen molar-refractivity contribution in [2.75, 3.05) is 4.90 Å². The number of hydrogen-bond acceptors (Lipinski definition) is 1. The highest BCUT2D eigenvalue weighted by atomic mass is 35.5. The predicted octanol–water partition coefficient (Wildman–Crippen LogP) is 6.49. The summed E-state index contributed by atoms with van der Waals surface area (Å²) in [6, 6.07) is 6.60. The molecule has 2 amide bonds. The molecule has 1 aliphatic heterocycles. The van der Waals surface area contributed by atoms with Gasteiger partial charge >= 0.3 is 6.03 Å². The first-order valence-corrected chi connectivity index (χ1v) is 11.5. The van der Waals surface area contributed by atoms with Gasteiger partial charge in [0.05, 0.1) is 11.2 Å². The zero-order chi connectivity index (χ0) is 19.9. The predicted molar refractivity (Wildman–Crippen MR) is 115 cm³/mol. The maximum Gasteiger partial charge on any atom is 0.322 e. The van der Waals surface area contributed by atoms with E-state index < -0.39 is 0 Å². The lowest BCUT2D eigenvalue weighted by Crippen LogP contribution is -2.62. The van der Waals surface area contributed by atoms with Crippen LogP contribution in [0.2, 0.25) is 5.02 Å². The number of nitrogens with zero attached hydrogens (tertiary/aromatic N) is 1. The Kier molecular flexibility index (Phi) is 3.96. The van der Waals surface area contributed by atoms with E-state index in [9.17, 15) is 4.79 Å². The van der Waals surface area contributed by atoms with Crippen LogP contribution in [0.25, 0.3) is 0 Å². The maximum atomic E-state index is 13.7. The summed E-state index contributed by atoms with van der Waals surface area (Å²) in [5, 5.41) is 4.31. The number of nitrogens with one attached hydrogen (secondary N) is 1. The van der Waals surface area contributed by atoms with E-state index in [0.29, 0.717) is 11.8 Å². The van der Waals surface area contributed by atoms with Crippen LogP contribution in [0.3, 0.4) is 0 Å².